The fourth-order valence-corrected chi connectivity index (χ4v) is 1.30. The first-order valence-electron chi connectivity index (χ1n) is 4.95. The molecule has 0 saturated carbocycles. The van der Waals surface area contributed by atoms with Crippen LogP contribution in [0, 0.1) is 0 Å². The van der Waals surface area contributed by atoms with Gasteiger partial charge in [0.2, 0.25) is 0 Å². The van der Waals surface area contributed by atoms with Gasteiger partial charge in [0.15, 0.2) is 0 Å². The molecule has 2 rings (SSSR count). The lowest BCUT2D eigenvalue weighted by atomic mass is 10.1. The summed E-state index contributed by atoms with van der Waals surface area (Å²) in [5, 5.41) is 0. The number of hydrogen-bond acceptors (Lipinski definition) is 0. The van der Waals surface area contributed by atoms with Crippen LogP contribution < -0.4 is 0 Å². The lowest BCUT2D eigenvalue weighted by Gasteiger charge is -1.97. The van der Waals surface area contributed by atoms with Crippen LogP contribution in [0.3, 0.4) is 0 Å². The molecule has 0 bridgehead atoms. The monoisotopic (exact) mass is 194 g/mol. The molecule has 0 radical (unpaired) electrons. The zero-order chi connectivity index (χ0) is 8.49. The van der Waals surface area contributed by atoms with Crippen molar-refractivity contribution in [1.29, 1.82) is 0 Å². The Morgan fingerprint density at radius 1 is 0.500 bits per heavy atom. The Hall–Kier alpha value is -0.780. The molecular weight excluding hydrogens is 168 g/mol. The van der Waals surface area contributed by atoms with E-state index in [0.717, 1.165) is 12.8 Å². The van der Waals surface area contributed by atoms with Gasteiger partial charge in [-0.05, 0) is 38.5 Å². The van der Waals surface area contributed by atoms with Gasteiger partial charge in [-0.1, -0.05) is 51.3 Å². The Morgan fingerprint density at radius 3 is 1.00 bits per heavy atom. The topological polar surface area (TPSA) is 0 Å². The van der Waals surface area contributed by atoms with Crippen molar-refractivity contribution < 1.29 is 0 Å². The Labute approximate surface area is 90.4 Å². The maximum absolute atomic E-state index is 2.27. The van der Waals surface area contributed by atoms with E-state index in [-0.39, 0.29) is 14.9 Å². The normalized spacial score (nSPS) is 17.1. The molecule has 0 nitrogen and oxygen atoms in total. The van der Waals surface area contributed by atoms with Gasteiger partial charge in [0, 0.05) is 0 Å². The van der Waals surface area contributed by atoms with Crippen molar-refractivity contribution in [3.05, 3.63) is 36.5 Å². The molecule has 0 aromatic heterocycles. The second-order valence-electron chi connectivity index (χ2n) is 3.17. The van der Waals surface area contributed by atoms with Crippen LogP contribution in [0.1, 0.15) is 53.4 Å². The Bertz CT molecular complexity index is 142. The highest BCUT2D eigenvalue weighted by Gasteiger charge is 1.87. The summed E-state index contributed by atoms with van der Waals surface area (Å²) in [5.74, 6) is 0. The quantitative estimate of drug-likeness (QED) is 0.460. The average molecular weight is 194 g/mol. The lowest BCUT2D eigenvalue weighted by molar-refractivity contribution is 0.730. The van der Waals surface area contributed by atoms with Gasteiger partial charge in [-0.15, -0.1) is 0 Å². The summed E-state index contributed by atoms with van der Waals surface area (Å²) in [6.45, 7) is 0. The van der Waals surface area contributed by atoms with Crippen LogP contribution in [0.2, 0.25) is 0 Å². The van der Waals surface area contributed by atoms with Gasteiger partial charge in [0.1, 0.15) is 0 Å². The molecule has 14 heavy (non-hydrogen) atoms. The molecule has 0 N–H and O–H groups in total. The van der Waals surface area contributed by atoms with Gasteiger partial charge in [-0.25, -0.2) is 0 Å². The van der Waals surface area contributed by atoms with E-state index in [4.69, 9.17) is 0 Å². The highest BCUT2D eigenvalue weighted by Crippen LogP contribution is 2.07. The van der Waals surface area contributed by atoms with E-state index >= 15 is 0 Å². The zero-order valence-electron chi connectivity index (χ0n) is 7.71. The molecule has 0 amide bonds. The maximum Gasteiger partial charge on any atom is -0.0169 e. The SMILES string of the molecule is C.C.C1=CCC=CC1.C1=CCCCC1. The Kier molecular flexibility index (Phi) is 13.7. The van der Waals surface area contributed by atoms with Crippen LogP contribution in [0.4, 0.5) is 0 Å². The maximum atomic E-state index is 2.27. The largest absolute Gasteiger partial charge is 0.0885 e. The minimum atomic E-state index is 0. The first-order valence-corrected chi connectivity index (χ1v) is 4.95. The number of hydrogen-bond donors (Lipinski definition) is 0. The van der Waals surface area contributed by atoms with Gasteiger partial charge in [0.25, 0.3) is 0 Å². The molecule has 0 spiro atoms. The molecule has 0 aromatic carbocycles. The number of rotatable bonds is 0. The van der Waals surface area contributed by atoms with Gasteiger partial charge < -0.3 is 0 Å². The summed E-state index contributed by atoms with van der Waals surface area (Å²) < 4.78 is 0. The van der Waals surface area contributed by atoms with Gasteiger partial charge in [-0.2, -0.15) is 0 Å². The van der Waals surface area contributed by atoms with E-state index in [0.29, 0.717) is 0 Å². The second-order valence-corrected chi connectivity index (χ2v) is 3.17. The summed E-state index contributed by atoms with van der Waals surface area (Å²) in [6, 6.07) is 0. The smallest absolute Gasteiger partial charge is 0.0169 e. The summed E-state index contributed by atoms with van der Waals surface area (Å²) in [7, 11) is 0. The fraction of sp³-hybridized carbons (Fsp3) is 0.571. The lowest BCUT2D eigenvalue weighted by Crippen LogP contribution is -1.77. The molecule has 0 unspecified atom stereocenters. The molecule has 0 aliphatic heterocycles. The predicted octanol–water partition coefficient (Wildman–Crippen LogP) is 5.28. The summed E-state index contributed by atoms with van der Waals surface area (Å²) in [6.07, 6.45) is 21.0. The van der Waals surface area contributed by atoms with Crippen LogP contribution >= 0.6 is 0 Å². The second kappa shape index (κ2) is 12.2. The van der Waals surface area contributed by atoms with E-state index in [1.807, 2.05) is 0 Å². The van der Waals surface area contributed by atoms with Crippen molar-refractivity contribution in [3.8, 4) is 0 Å². The average Bonchev–Trinajstić information content (AvgIpc) is 2.24. The molecular formula is C14H26. The van der Waals surface area contributed by atoms with E-state index in [2.05, 4.69) is 36.5 Å². The van der Waals surface area contributed by atoms with Crippen molar-refractivity contribution in [2.75, 3.05) is 0 Å². The number of allylic oxidation sites excluding steroid dienone is 6. The molecule has 2 aliphatic carbocycles. The first kappa shape index (κ1) is 15.7. The van der Waals surface area contributed by atoms with Crippen molar-refractivity contribution >= 4 is 0 Å². The molecule has 0 aromatic rings. The molecule has 2 aliphatic rings. The van der Waals surface area contributed by atoms with E-state index < -0.39 is 0 Å². The molecule has 0 heteroatoms. The van der Waals surface area contributed by atoms with Gasteiger partial charge >= 0.3 is 0 Å². The molecule has 0 heterocycles. The minimum Gasteiger partial charge on any atom is -0.0885 e. The standard InChI is InChI=1S/C6H10.C6H8.2CH4/c2*1-2-4-6-5-3-1;;/h1-2H,3-6H2;1-2,5-6H,3-4H2;2*1H4. The first-order chi connectivity index (χ1) is 6.00. The van der Waals surface area contributed by atoms with Crippen LogP contribution in [0.25, 0.3) is 0 Å². The summed E-state index contributed by atoms with van der Waals surface area (Å²) >= 11 is 0. The third-order valence-electron chi connectivity index (χ3n) is 2.04. The van der Waals surface area contributed by atoms with Crippen molar-refractivity contribution in [2.24, 2.45) is 0 Å². The molecule has 0 fully saturated rings. The molecule has 0 saturated heterocycles. The van der Waals surface area contributed by atoms with Crippen molar-refractivity contribution in [2.45, 2.75) is 53.4 Å². The summed E-state index contributed by atoms with van der Waals surface area (Å²) in [5.41, 5.74) is 0. The Balaban J connectivity index is 0. The van der Waals surface area contributed by atoms with Crippen LogP contribution in [0.5, 0.6) is 0 Å². The highest BCUT2D eigenvalue weighted by atomic mass is 13.9. The highest BCUT2D eigenvalue weighted by molar-refractivity contribution is 5.02. The van der Waals surface area contributed by atoms with Gasteiger partial charge in [-0.3, -0.25) is 0 Å². The third-order valence-corrected chi connectivity index (χ3v) is 2.04. The Morgan fingerprint density at radius 2 is 0.857 bits per heavy atom. The minimum absolute atomic E-state index is 0. The predicted molar refractivity (Wildman–Crippen MR) is 68.6 cm³/mol. The van der Waals surface area contributed by atoms with Crippen molar-refractivity contribution in [3.63, 3.8) is 0 Å². The molecule has 82 valence electrons. The van der Waals surface area contributed by atoms with Crippen LogP contribution in [-0.2, 0) is 0 Å². The summed E-state index contributed by atoms with van der Waals surface area (Å²) in [4.78, 5) is 0. The molecule has 0 atom stereocenters. The third kappa shape index (κ3) is 9.31. The fourth-order valence-electron chi connectivity index (χ4n) is 1.30. The van der Waals surface area contributed by atoms with Crippen LogP contribution in [0.15, 0.2) is 36.5 Å². The zero-order valence-corrected chi connectivity index (χ0v) is 7.71. The van der Waals surface area contributed by atoms with Crippen molar-refractivity contribution in [1.82, 2.24) is 0 Å². The van der Waals surface area contributed by atoms with E-state index in [1.165, 1.54) is 25.7 Å². The van der Waals surface area contributed by atoms with E-state index in [9.17, 15) is 0 Å². The van der Waals surface area contributed by atoms with Gasteiger partial charge in [0.05, 0.1) is 0 Å². The van der Waals surface area contributed by atoms with Crippen LogP contribution in [-0.4, -0.2) is 0 Å². The van der Waals surface area contributed by atoms with E-state index in [1.54, 1.807) is 0 Å².